The Morgan fingerprint density at radius 3 is 2.57 bits per heavy atom. The fourth-order valence-corrected chi connectivity index (χ4v) is 8.97. The molecule has 3 heterocycles. The zero-order chi connectivity index (χ0) is 27.2. The molecular weight excluding hydrogens is 488 g/mol. The number of fused-ring (bicyclic) bond motifs is 1. The number of allylic oxidation sites excluding steroid dienone is 1. The van der Waals surface area contributed by atoms with Crippen molar-refractivity contribution in [1.29, 1.82) is 0 Å². The minimum Gasteiger partial charge on any atom is -0.465 e. The van der Waals surface area contributed by atoms with E-state index >= 15 is 0 Å². The lowest BCUT2D eigenvalue weighted by Crippen LogP contribution is -2.58. The lowest BCUT2D eigenvalue weighted by Gasteiger charge is -2.41. The maximum Gasteiger partial charge on any atom is 0.310 e. The smallest absolute Gasteiger partial charge is 0.310 e. The summed E-state index contributed by atoms with van der Waals surface area (Å²) < 4.78 is 5.08. The molecule has 3 fully saturated rings. The molecule has 3 rings (SSSR count). The first-order valence-electron chi connectivity index (χ1n) is 14.0. The van der Waals surface area contributed by atoms with E-state index < -0.39 is 22.6 Å². The third-order valence-corrected chi connectivity index (χ3v) is 10.4. The topological polar surface area (TPSA) is 87.2 Å². The van der Waals surface area contributed by atoms with Gasteiger partial charge in [0.1, 0.15) is 6.04 Å². The SMILES string of the molecule is C=CCCCCOC(=O)[C@@H]1[C@@H]2CC(C)C3(S2)C(C(=O)N(CC=C)C(C)C)N(CCCCCCO)C(=O)[C@H]13. The van der Waals surface area contributed by atoms with E-state index in [0.29, 0.717) is 19.7 Å². The molecule has 0 saturated carbocycles. The molecule has 0 aromatic heterocycles. The van der Waals surface area contributed by atoms with Gasteiger partial charge in [0.25, 0.3) is 0 Å². The molecule has 8 heteroatoms. The standard InChI is InChI=1S/C29H46N2O5S/c1-6-8-9-14-18-36-28(35)23-22-19-21(5)29(37-22)24(23)26(33)31(16-12-10-11-13-17-32)25(29)27(34)30(15-7-2)20(3)4/h6-7,20-25,32H,1-2,8-19H2,3-5H3/t21?,22-,23+,24-,25?,29?/m0/s1. The van der Waals surface area contributed by atoms with E-state index in [9.17, 15) is 14.4 Å². The molecule has 37 heavy (non-hydrogen) atoms. The van der Waals surface area contributed by atoms with Crippen molar-refractivity contribution < 1.29 is 24.2 Å². The van der Waals surface area contributed by atoms with E-state index in [1.807, 2.05) is 24.8 Å². The third-order valence-electron chi connectivity index (χ3n) is 8.34. The summed E-state index contributed by atoms with van der Waals surface area (Å²) in [5.41, 5.74) is 0. The minimum absolute atomic E-state index is 0.00136. The summed E-state index contributed by atoms with van der Waals surface area (Å²) in [5, 5.41) is 9.12. The molecule has 0 aliphatic carbocycles. The van der Waals surface area contributed by atoms with Gasteiger partial charge in [-0.05, 0) is 58.3 Å². The second-order valence-electron chi connectivity index (χ2n) is 11.0. The number of amides is 2. The van der Waals surface area contributed by atoms with Crippen molar-refractivity contribution in [3.8, 4) is 0 Å². The summed E-state index contributed by atoms with van der Waals surface area (Å²) in [6, 6.07) is -0.627. The van der Waals surface area contributed by atoms with Gasteiger partial charge in [-0.25, -0.2) is 0 Å². The van der Waals surface area contributed by atoms with Gasteiger partial charge in [-0.3, -0.25) is 14.4 Å². The highest BCUT2D eigenvalue weighted by molar-refractivity contribution is 8.02. The van der Waals surface area contributed by atoms with Crippen molar-refractivity contribution in [3.05, 3.63) is 25.3 Å². The van der Waals surface area contributed by atoms with Gasteiger partial charge in [0.15, 0.2) is 0 Å². The van der Waals surface area contributed by atoms with Crippen molar-refractivity contribution >= 4 is 29.5 Å². The summed E-state index contributed by atoms with van der Waals surface area (Å²) in [6.45, 7) is 15.1. The summed E-state index contributed by atoms with van der Waals surface area (Å²) in [5.74, 6) is -1.30. The molecule has 0 radical (unpaired) electrons. The summed E-state index contributed by atoms with van der Waals surface area (Å²) in [6.07, 6.45) is 10.2. The predicted molar refractivity (Wildman–Crippen MR) is 148 cm³/mol. The van der Waals surface area contributed by atoms with E-state index in [2.05, 4.69) is 20.1 Å². The molecule has 3 saturated heterocycles. The Kier molecular flexibility index (Phi) is 10.7. The predicted octanol–water partition coefficient (Wildman–Crippen LogP) is 4.20. The van der Waals surface area contributed by atoms with Crippen LogP contribution in [0.5, 0.6) is 0 Å². The van der Waals surface area contributed by atoms with E-state index in [-0.39, 0.29) is 41.6 Å². The Morgan fingerprint density at radius 2 is 1.92 bits per heavy atom. The second kappa shape index (κ2) is 13.3. The van der Waals surface area contributed by atoms with Crippen LogP contribution >= 0.6 is 11.8 Å². The molecule has 0 aromatic rings. The number of aliphatic hydroxyl groups is 1. The Labute approximate surface area is 227 Å². The maximum atomic E-state index is 14.2. The number of likely N-dealkylation sites (tertiary alicyclic amines) is 1. The zero-order valence-corrected chi connectivity index (χ0v) is 23.7. The van der Waals surface area contributed by atoms with Gasteiger partial charge in [0.05, 0.1) is 23.2 Å². The molecule has 3 unspecified atom stereocenters. The number of ether oxygens (including phenoxy) is 1. The first-order chi connectivity index (χ1) is 17.8. The quantitative estimate of drug-likeness (QED) is 0.181. The molecule has 1 N–H and O–H groups in total. The van der Waals surface area contributed by atoms with Crippen LogP contribution in [-0.4, -0.2) is 81.1 Å². The molecule has 6 atom stereocenters. The molecule has 3 aliphatic rings. The van der Waals surface area contributed by atoms with E-state index in [1.54, 1.807) is 22.7 Å². The largest absolute Gasteiger partial charge is 0.465 e. The van der Waals surface area contributed by atoms with Crippen molar-refractivity contribution in [2.24, 2.45) is 17.8 Å². The van der Waals surface area contributed by atoms with Crippen LogP contribution in [0.15, 0.2) is 25.3 Å². The van der Waals surface area contributed by atoms with Crippen LogP contribution in [0, 0.1) is 17.8 Å². The normalized spacial score (nSPS) is 30.0. The molecular formula is C29H46N2O5S. The van der Waals surface area contributed by atoms with Crippen LogP contribution in [0.1, 0.15) is 72.1 Å². The number of hydrogen-bond acceptors (Lipinski definition) is 6. The van der Waals surface area contributed by atoms with Crippen molar-refractivity contribution in [2.45, 2.75) is 94.2 Å². The van der Waals surface area contributed by atoms with Gasteiger partial charge in [-0.15, -0.1) is 24.9 Å². The fraction of sp³-hybridized carbons (Fsp3) is 0.759. The molecule has 2 amide bonds. The molecule has 7 nitrogen and oxygen atoms in total. The van der Waals surface area contributed by atoms with E-state index in [0.717, 1.165) is 51.4 Å². The third kappa shape index (κ3) is 5.80. The summed E-state index contributed by atoms with van der Waals surface area (Å²) in [4.78, 5) is 45.3. The van der Waals surface area contributed by atoms with Gasteiger partial charge in [-0.2, -0.15) is 0 Å². The maximum absolute atomic E-state index is 14.2. The first-order valence-corrected chi connectivity index (χ1v) is 14.9. The Morgan fingerprint density at radius 1 is 1.19 bits per heavy atom. The molecule has 1 spiro atoms. The number of carbonyl (C=O) groups excluding carboxylic acids is 3. The zero-order valence-electron chi connectivity index (χ0n) is 22.9. The summed E-state index contributed by atoms with van der Waals surface area (Å²) in [7, 11) is 0. The molecule has 3 aliphatic heterocycles. The number of unbranched alkanes of at least 4 members (excludes halogenated alkanes) is 5. The van der Waals surface area contributed by atoms with Crippen molar-refractivity contribution in [3.63, 3.8) is 0 Å². The average Bonchev–Trinajstić information content (AvgIpc) is 3.45. The highest BCUT2D eigenvalue weighted by atomic mass is 32.2. The molecule has 0 aromatic carbocycles. The van der Waals surface area contributed by atoms with Gasteiger partial charge in [0.2, 0.25) is 11.8 Å². The van der Waals surface area contributed by atoms with Gasteiger partial charge < -0.3 is 19.6 Å². The first kappa shape index (κ1) is 29.8. The fourth-order valence-electron chi connectivity index (χ4n) is 6.57. The number of carbonyl (C=O) groups is 3. The summed E-state index contributed by atoms with van der Waals surface area (Å²) >= 11 is 1.70. The van der Waals surface area contributed by atoms with Crippen molar-refractivity contribution in [1.82, 2.24) is 9.80 Å². The van der Waals surface area contributed by atoms with Crippen LogP contribution in [0.3, 0.4) is 0 Å². The van der Waals surface area contributed by atoms with E-state index in [1.165, 1.54) is 0 Å². The molecule has 2 bridgehead atoms. The Balaban J connectivity index is 1.89. The number of rotatable bonds is 16. The van der Waals surface area contributed by atoms with Crippen LogP contribution < -0.4 is 0 Å². The van der Waals surface area contributed by atoms with Gasteiger partial charge in [0, 0.05) is 31.0 Å². The molecule has 208 valence electrons. The van der Waals surface area contributed by atoms with Crippen LogP contribution in [0.4, 0.5) is 0 Å². The second-order valence-corrected chi connectivity index (χ2v) is 12.6. The van der Waals surface area contributed by atoms with Gasteiger partial charge >= 0.3 is 5.97 Å². The number of esters is 1. The Hall–Kier alpha value is -1.80. The van der Waals surface area contributed by atoms with E-state index in [4.69, 9.17) is 9.84 Å². The van der Waals surface area contributed by atoms with Crippen LogP contribution in [0.25, 0.3) is 0 Å². The van der Waals surface area contributed by atoms with Crippen LogP contribution in [-0.2, 0) is 19.1 Å². The highest BCUT2D eigenvalue weighted by Gasteiger charge is 2.76. The van der Waals surface area contributed by atoms with Crippen molar-refractivity contribution in [2.75, 3.05) is 26.3 Å². The monoisotopic (exact) mass is 534 g/mol. The van der Waals surface area contributed by atoms with Gasteiger partial charge in [-0.1, -0.05) is 31.9 Å². The number of hydrogen-bond donors (Lipinski definition) is 1. The Bertz CT molecular complexity index is 848. The number of nitrogens with zero attached hydrogens (tertiary/aromatic N) is 2. The minimum atomic E-state index is -0.620. The average molecular weight is 535 g/mol. The lowest BCUT2D eigenvalue weighted by molar-refractivity contribution is -0.154. The highest BCUT2D eigenvalue weighted by Crippen LogP contribution is 2.68. The lowest BCUT2D eigenvalue weighted by atomic mass is 9.66. The number of aliphatic hydroxyl groups excluding tert-OH is 1. The van der Waals surface area contributed by atoms with Crippen LogP contribution in [0.2, 0.25) is 0 Å². The number of thioether (sulfide) groups is 1.